The molecule has 1 aromatic rings. The second kappa shape index (κ2) is 5.43. The van der Waals surface area contributed by atoms with Crippen molar-refractivity contribution in [1.82, 2.24) is 0 Å². The first-order valence-electron chi connectivity index (χ1n) is 4.83. The summed E-state index contributed by atoms with van der Waals surface area (Å²) in [4.78, 5) is 10.6. The van der Waals surface area contributed by atoms with Gasteiger partial charge in [-0.05, 0) is 43.5 Å². The Morgan fingerprint density at radius 2 is 1.64 bits per heavy atom. The van der Waals surface area contributed by atoms with Crippen LogP contribution >= 0.6 is 0 Å². The van der Waals surface area contributed by atoms with Gasteiger partial charge in [-0.3, -0.25) is 4.79 Å². The van der Waals surface area contributed by atoms with Gasteiger partial charge >= 0.3 is 0 Å². The Balaban J connectivity index is 0.000000791. The monoisotopic (exact) mass is 194 g/mol. The number of carbonyl (C=O) groups is 1. The highest BCUT2D eigenvalue weighted by Gasteiger charge is 2.07. The molecule has 0 atom stereocenters. The summed E-state index contributed by atoms with van der Waals surface area (Å²) in [5.41, 5.74) is 3.15. The van der Waals surface area contributed by atoms with E-state index in [2.05, 4.69) is 0 Å². The number of aryl methyl sites for hydroxylation is 1. The van der Waals surface area contributed by atoms with Crippen LogP contribution in [0.4, 0.5) is 0 Å². The summed E-state index contributed by atoms with van der Waals surface area (Å²) in [5.74, 6) is 0.260. The van der Waals surface area contributed by atoms with Crippen LogP contribution in [0.1, 0.15) is 40.9 Å². The van der Waals surface area contributed by atoms with E-state index < -0.39 is 0 Å². The number of benzene rings is 1. The molecule has 2 nitrogen and oxygen atoms in total. The summed E-state index contributed by atoms with van der Waals surface area (Å²) < 4.78 is 0. The van der Waals surface area contributed by atoms with Crippen molar-refractivity contribution in [2.75, 3.05) is 0 Å². The SMILES string of the molecule is CC.Cc1cc(O)c(C)c(C)c1C=O. The van der Waals surface area contributed by atoms with Gasteiger partial charge in [-0.15, -0.1) is 0 Å². The van der Waals surface area contributed by atoms with Crippen LogP contribution in [0.3, 0.4) is 0 Å². The third-order valence-electron chi connectivity index (χ3n) is 2.25. The minimum absolute atomic E-state index is 0.260. The van der Waals surface area contributed by atoms with Crippen molar-refractivity contribution in [2.24, 2.45) is 0 Å². The van der Waals surface area contributed by atoms with Crippen molar-refractivity contribution in [1.29, 1.82) is 0 Å². The van der Waals surface area contributed by atoms with Crippen LogP contribution in [-0.4, -0.2) is 11.4 Å². The highest BCUT2D eigenvalue weighted by Crippen LogP contribution is 2.24. The van der Waals surface area contributed by atoms with Crippen molar-refractivity contribution in [3.05, 3.63) is 28.3 Å². The molecule has 0 amide bonds. The van der Waals surface area contributed by atoms with Crippen LogP contribution in [0.5, 0.6) is 5.75 Å². The van der Waals surface area contributed by atoms with E-state index in [9.17, 15) is 9.90 Å². The van der Waals surface area contributed by atoms with Crippen LogP contribution in [-0.2, 0) is 0 Å². The van der Waals surface area contributed by atoms with Gasteiger partial charge in [0.2, 0.25) is 0 Å². The molecule has 0 aromatic heterocycles. The molecule has 0 spiro atoms. The van der Waals surface area contributed by atoms with Crippen LogP contribution in [0.25, 0.3) is 0 Å². The average Bonchev–Trinajstić information content (AvgIpc) is 2.18. The highest BCUT2D eigenvalue weighted by atomic mass is 16.3. The molecule has 0 saturated heterocycles. The van der Waals surface area contributed by atoms with E-state index in [4.69, 9.17) is 0 Å². The number of phenols is 1. The molecule has 1 rings (SSSR count). The number of aromatic hydroxyl groups is 1. The molecule has 1 aromatic carbocycles. The van der Waals surface area contributed by atoms with E-state index >= 15 is 0 Å². The van der Waals surface area contributed by atoms with Gasteiger partial charge in [-0.1, -0.05) is 13.8 Å². The smallest absolute Gasteiger partial charge is 0.150 e. The Morgan fingerprint density at radius 3 is 2.07 bits per heavy atom. The molecular weight excluding hydrogens is 176 g/mol. The number of phenolic OH excluding ortho intramolecular Hbond substituents is 1. The lowest BCUT2D eigenvalue weighted by Crippen LogP contribution is -1.94. The standard InChI is InChI=1S/C10H12O2.C2H6/c1-6-4-10(12)8(3)7(2)9(6)5-11;1-2/h4-5,12H,1-3H3;1-2H3. The molecule has 1 N–H and O–H groups in total. The predicted molar refractivity (Wildman–Crippen MR) is 59.1 cm³/mol. The van der Waals surface area contributed by atoms with E-state index in [-0.39, 0.29) is 5.75 Å². The van der Waals surface area contributed by atoms with Crippen molar-refractivity contribution in [2.45, 2.75) is 34.6 Å². The molecule has 78 valence electrons. The first-order valence-corrected chi connectivity index (χ1v) is 4.83. The lowest BCUT2D eigenvalue weighted by Gasteiger charge is -2.08. The third-order valence-corrected chi connectivity index (χ3v) is 2.25. The molecule has 0 aliphatic carbocycles. The predicted octanol–water partition coefficient (Wildman–Crippen LogP) is 3.16. The van der Waals surface area contributed by atoms with Crippen molar-refractivity contribution in [3.8, 4) is 5.75 Å². The zero-order valence-electron chi connectivity index (χ0n) is 9.51. The van der Waals surface area contributed by atoms with Gasteiger partial charge in [0.25, 0.3) is 0 Å². The van der Waals surface area contributed by atoms with Gasteiger partial charge in [0.1, 0.15) is 5.75 Å². The van der Waals surface area contributed by atoms with E-state index in [1.165, 1.54) is 0 Å². The molecule has 0 heterocycles. The molecule has 0 fully saturated rings. The zero-order valence-corrected chi connectivity index (χ0v) is 9.51. The van der Waals surface area contributed by atoms with Crippen LogP contribution in [0, 0.1) is 20.8 Å². The minimum atomic E-state index is 0.260. The van der Waals surface area contributed by atoms with Gasteiger partial charge in [0.15, 0.2) is 6.29 Å². The fourth-order valence-corrected chi connectivity index (χ4v) is 1.26. The summed E-state index contributed by atoms with van der Waals surface area (Å²) in [6.07, 6.45) is 0.830. The summed E-state index contributed by atoms with van der Waals surface area (Å²) in [7, 11) is 0. The molecule has 14 heavy (non-hydrogen) atoms. The number of rotatable bonds is 1. The third kappa shape index (κ3) is 2.34. The fraction of sp³-hybridized carbons (Fsp3) is 0.417. The van der Waals surface area contributed by atoms with Gasteiger partial charge < -0.3 is 5.11 Å². The molecular formula is C12H18O2. The zero-order chi connectivity index (χ0) is 11.3. The second-order valence-electron chi connectivity index (χ2n) is 2.99. The van der Waals surface area contributed by atoms with Crippen molar-refractivity contribution in [3.63, 3.8) is 0 Å². The number of carbonyl (C=O) groups excluding carboxylic acids is 1. The Morgan fingerprint density at radius 1 is 1.14 bits per heavy atom. The molecule has 0 saturated carbocycles. The van der Waals surface area contributed by atoms with Crippen LogP contribution in [0.15, 0.2) is 6.07 Å². The Hall–Kier alpha value is -1.31. The maximum Gasteiger partial charge on any atom is 0.150 e. The Bertz CT molecular complexity index is 328. The highest BCUT2D eigenvalue weighted by molar-refractivity contribution is 5.81. The maximum atomic E-state index is 10.6. The number of hydrogen-bond acceptors (Lipinski definition) is 2. The normalized spacial score (nSPS) is 8.93. The molecule has 0 bridgehead atoms. The molecule has 0 aliphatic heterocycles. The summed E-state index contributed by atoms with van der Waals surface area (Å²) in [5, 5.41) is 9.38. The lowest BCUT2D eigenvalue weighted by molar-refractivity contribution is 0.112. The van der Waals surface area contributed by atoms with Crippen molar-refractivity contribution >= 4 is 6.29 Å². The van der Waals surface area contributed by atoms with E-state index in [0.717, 1.165) is 23.0 Å². The van der Waals surface area contributed by atoms with E-state index in [1.807, 2.05) is 27.7 Å². The van der Waals surface area contributed by atoms with Crippen LogP contribution < -0.4 is 0 Å². The second-order valence-corrected chi connectivity index (χ2v) is 2.99. The summed E-state index contributed by atoms with van der Waals surface area (Å²) >= 11 is 0. The Kier molecular flexibility index (Phi) is 4.92. The number of hydrogen-bond donors (Lipinski definition) is 1. The van der Waals surface area contributed by atoms with Gasteiger partial charge in [0.05, 0.1) is 0 Å². The summed E-state index contributed by atoms with van der Waals surface area (Å²) in [6.45, 7) is 9.46. The van der Waals surface area contributed by atoms with Gasteiger partial charge in [-0.2, -0.15) is 0 Å². The first kappa shape index (κ1) is 12.7. The van der Waals surface area contributed by atoms with Crippen LogP contribution in [0.2, 0.25) is 0 Å². The maximum absolute atomic E-state index is 10.6. The first-order chi connectivity index (χ1) is 6.57. The topological polar surface area (TPSA) is 37.3 Å². The molecule has 0 radical (unpaired) electrons. The average molecular weight is 194 g/mol. The minimum Gasteiger partial charge on any atom is -0.508 e. The van der Waals surface area contributed by atoms with Crippen molar-refractivity contribution < 1.29 is 9.90 Å². The summed E-state index contributed by atoms with van der Waals surface area (Å²) in [6, 6.07) is 1.62. The quantitative estimate of drug-likeness (QED) is 0.697. The fourth-order valence-electron chi connectivity index (χ4n) is 1.26. The van der Waals surface area contributed by atoms with E-state index in [0.29, 0.717) is 5.56 Å². The van der Waals surface area contributed by atoms with E-state index in [1.54, 1.807) is 13.0 Å². The lowest BCUT2D eigenvalue weighted by atomic mass is 9.98. The largest absolute Gasteiger partial charge is 0.508 e. The molecule has 2 heteroatoms. The molecule has 0 aliphatic rings. The van der Waals surface area contributed by atoms with Gasteiger partial charge in [0, 0.05) is 5.56 Å². The molecule has 0 unspecified atom stereocenters. The Labute approximate surface area is 85.6 Å². The number of aldehydes is 1. The van der Waals surface area contributed by atoms with Gasteiger partial charge in [-0.25, -0.2) is 0 Å².